The molecule has 0 saturated carbocycles. The van der Waals surface area contributed by atoms with E-state index in [2.05, 4.69) is 10.1 Å². The van der Waals surface area contributed by atoms with Crippen LogP contribution in [0.3, 0.4) is 0 Å². The third kappa shape index (κ3) is 3.37. The predicted molar refractivity (Wildman–Crippen MR) is 92.2 cm³/mol. The maximum absolute atomic E-state index is 12.3. The zero-order valence-corrected chi connectivity index (χ0v) is 14.2. The molecule has 0 aliphatic rings. The van der Waals surface area contributed by atoms with Crippen molar-refractivity contribution in [3.63, 3.8) is 0 Å². The average Bonchev–Trinajstić information content (AvgIpc) is 3.13. The van der Waals surface area contributed by atoms with E-state index in [-0.39, 0.29) is 0 Å². The molecular weight excluding hydrogens is 304 g/mol. The van der Waals surface area contributed by atoms with E-state index in [1.54, 1.807) is 28.0 Å². The Hall–Kier alpha value is -2.89. The minimum atomic E-state index is -0.542. The van der Waals surface area contributed by atoms with E-state index < -0.39 is 11.6 Å². The molecule has 0 aliphatic heterocycles. The molecule has 3 aromatic rings. The lowest BCUT2D eigenvalue weighted by Gasteiger charge is -2.19. The lowest BCUT2D eigenvalue weighted by atomic mass is 10.1. The van der Waals surface area contributed by atoms with E-state index in [4.69, 9.17) is 4.74 Å². The summed E-state index contributed by atoms with van der Waals surface area (Å²) < 4.78 is 9.01. The Kier molecular flexibility index (Phi) is 3.97. The molecule has 0 fully saturated rings. The third-order valence-corrected chi connectivity index (χ3v) is 3.49. The summed E-state index contributed by atoms with van der Waals surface area (Å²) in [6.07, 6.45) is 8.43. The molecular formula is C18H20N4O2. The maximum atomic E-state index is 12.3. The topological polar surface area (TPSA) is 61.9 Å². The van der Waals surface area contributed by atoms with Crippen molar-refractivity contribution >= 4 is 22.6 Å². The van der Waals surface area contributed by atoms with Gasteiger partial charge in [-0.15, -0.1) is 0 Å². The number of aromatic nitrogens is 4. The standard InChI is InChI=1S/C18H20N4O2/c1-18(2,3)24-17(23)10-16(22-8-7-19-12-22)13-5-6-14-11-20-21(4)15(14)9-13/h5-12H,1-4H3. The monoisotopic (exact) mass is 324 g/mol. The normalized spacial score (nSPS) is 12.6. The highest BCUT2D eigenvalue weighted by molar-refractivity contribution is 5.93. The molecule has 0 spiro atoms. The number of fused-ring (bicyclic) bond motifs is 1. The van der Waals surface area contributed by atoms with Crippen LogP contribution in [0.5, 0.6) is 0 Å². The van der Waals surface area contributed by atoms with Crippen molar-refractivity contribution in [3.8, 4) is 0 Å². The number of carbonyl (C=O) groups excluding carboxylic acids is 1. The highest BCUT2D eigenvalue weighted by atomic mass is 16.6. The van der Waals surface area contributed by atoms with E-state index in [1.165, 1.54) is 6.08 Å². The molecule has 0 saturated heterocycles. The highest BCUT2D eigenvalue weighted by Gasteiger charge is 2.16. The van der Waals surface area contributed by atoms with E-state index in [0.29, 0.717) is 5.70 Å². The maximum Gasteiger partial charge on any atom is 0.333 e. The highest BCUT2D eigenvalue weighted by Crippen LogP contribution is 2.23. The molecule has 0 aliphatic carbocycles. The Morgan fingerprint density at radius 1 is 1.29 bits per heavy atom. The van der Waals surface area contributed by atoms with Gasteiger partial charge in [0.15, 0.2) is 0 Å². The summed E-state index contributed by atoms with van der Waals surface area (Å²) in [5.74, 6) is -0.392. The molecule has 0 N–H and O–H groups in total. The predicted octanol–water partition coefficient (Wildman–Crippen LogP) is 3.00. The third-order valence-electron chi connectivity index (χ3n) is 3.49. The number of rotatable bonds is 3. The number of hydrogen-bond acceptors (Lipinski definition) is 4. The molecule has 0 bridgehead atoms. The Labute approximate surface area is 140 Å². The minimum absolute atomic E-state index is 0.392. The Balaban J connectivity index is 2.07. The van der Waals surface area contributed by atoms with Gasteiger partial charge < -0.3 is 9.30 Å². The van der Waals surface area contributed by atoms with E-state index in [9.17, 15) is 4.79 Å². The van der Waals surface area contributed by atoms with Gasteiger partial charge in [0.2, 0.25) is 0 Å². The molecule has 1 aromatic carbocycles. The van der Waals surface area contributed by atoms with Crippen LogP contribution in [-0.4, -0.2) is 30.9 Å². The van der Waals surface area contributed by atoms with Gasteiger partial charge >= 0.3 is 5.97 Å². The van der Waals surface area contributed by atoms with Gasteiger partial charge in [-0.25, -0.2) is 9.78 Å². The van der Waals surface area contributed by atoms with Gasteiger partial charge in [-0.1, -0.05) is 12.1 Å². The molecule has 124 valence electrons. The Bertz CT molecular complexity index is 899. The number of benzene rings is 1. The Morgan fingerprint density at radius 3 is 2.75 bits per heavy atom. The molecule has 3 rings (SSSR count). The van der Waals surface area contributed by atoms with Crippen LogP contribution in [0.15, 0.2) is 49.2 Å². The average molecular weight is 324 g/mol. The number of esters is 1. The summed E-state index contributed by atoms with van der Waals surface area (Å²) in [5.41, 5.74) is 2.03. The first-order chi connectivity index (χ1) is 11.3. The molecule has 0 radical (unpaired) electrons. The Morgan fingerprint density at radius 2 is 2.08 bits per heavy atom. The lowest BCUT2D eigenvalue weighted by Crippen LogP contribution is -2.23. The fourth-order valence-corrected chi connectivity index (χ4v) is 2.45. The van der Waals surface area contributed by atoms with Crippen molar-refractivity contribution in [1.29, 1.82) is 0 Å². The number of hydrogen-bond donors (Lipinski definition) is 0. The van der Waals surface area contributed by atoms with Crippen molar-refractivity contribution in [2.45, 2.75) is 26.4 Å². The number of imidazole rings is 1. The minimum Gasteiger partial charge on any atom is -0.457 e. The molecule has 6 heteroatoms. The quantitative estimate of drug-likeness (QED) is 0.549. The van der Waals surface area contributed by atoms with Gasteiger partial charge in [-0.05, 0) is 26.8 Å². The molecule has 2 heterocycles. The first-order valence-corrected chi connectivity index (χ1v) is 7.69. The van der Waals surface area contributed by atoms with Crippen LogP contribution in [0.1, 0.15) is 26.3 Å². The summed E-state index contributed by atoms with van der Waals surface area (Å²) in [7, 11) is 1.89. The summed E-state index contributed by atoms with van der Waals surface area (Å²) in [6, 6.07) is 5.94. The number of aryl methyl sites for hydroxylation is 1. The van der Waals surface area contributed by atoms with Crippen molar-refractivity contribution in [2.24, 2.45) is 7.05 Å². The summed E-state index contributed by atoms with van der Waals surface area (Å²) in [4.78, 5) is 16.3. The number of ether oxygens (including phenoxy) is 1. The first kappa shape index (κ1) is 16.0. The van der Waals surface area contributed by atoms with Crippen molar-refractivity contribution < 1.29 is 9.53 Å². The van der Waals surface area contributed by atoms with E-state index in [0.717, 1.165) is 16.5 Å². The SMILES string of the molecule is Cn1ncc2ccc(C(=CC(=O)OC(C)(C)C)n3ccnc3)cc21. The van der Waals surface area contributed by atoms with Gasteiger partial charge in [0.1, 0.15) is 5.60 Å². The van der Waals surface area contributed by atoms with Crippen molar-refractivity contribution in [3.05, 3.63) is 54.8 Å². The molecule has 2 aromatic heterocycles. The van der Waals surface area contributed by atoms with Crippen molar-refractivity contribution in [2.75, 3.05) is 0 Å². The summed E-state index contributed by atoms with van der Waals surface area (Å²) in [6.45, 7) is 5.53. The fraction of sp³-hybridized carbons (Fsp3) is 0.278. The van der Waals surface area contributed by atoms with Gasteiger partial charge in [0.25, 0.3) is 0 Å². The van der Waals surface area contributed by atoms with Crippen LogP contribution in [0.4, 0.5) is 0 Å². The van der Waals surface area contributed by atoms with Gasteiger partial charge in [0, 0.05) is 36.5 Å². The second-order valence-corrected chi connectivity index (χ2v) is 6.57. The molecule has 6 nitrogen and oxygen atoms in total. The number of nitrogens with zero attached hydrogens (tertiary/aromatic N) is 4. The van der Waals surface area contributed by atoms with E-state index >= 15 is 0 Å². The van der Waals surface area contributed by atoms with Gasteiger partial charge in [-0.3, -0.25) is 4.68 Å². The van der Waals surface area contributed by atoms with E-state index in [1.807, 2.05) is 52.2 Å². The van der Waals surface area contributed by atoms with Crippen LogP contribution in [0, 0.1) is 0 Å². The first-order valence-electron chi connectivity index (χ1n) is 7.69. The van der Waals surface area contributed by atoms with Crippen LogP contribution >= 0.6 is 0 Å². The number of carbonyl (C=O) groups is 1. The second kappa shape index (κ2) is 5.96. The summed E-state index contributed by atoms with van der Waals surface area (Å²) in [5, 5.41) is 5.30. The molecule has 0 unspecified atom stereocenters. The van der Waals surface area contributed by atoms with Crippen LogP contribution in [0.25, 0.3) is 16.6 Å². The van der Waals surface area contributed by atoms with Crippen LogP contribution in [-0.2, 0) is 16.6 Å². The molecule has 24 heavy (non-hydrogen) atoms. The summed E-state index contributed by atoms with van der Waals surface area (Å²) >= 11 is 0. The van der Waals surface area contributed by atoms with Crippen molar-refractivity contribution in [1.82, 2.24) is 19.3 Å². The van der Waals surface area contributed by atoms with Crippen LogP contribution < -0.4 is 0 Å². The van der Waals surface area contributed by atoms with Crippen LogP contribution in [0.2, 0.25) is 0 Å². The molecule has 0 atom stereocenters. The largest absolute Gasteiger partial charge is 0.457 e. The molecule has 0 amide bonds. The lowest BCUT2D eigenvalue weighted by molar-refractivity contribution is -0.148. The zero-order chi connectivity index (χ0) is 17.3. The van der Waals surface area contributed by atoms with Gasteiger partial charge in [0.05, 0.1) is 23.7 Å². The second-order valence-electron chi connectivity index (χ2n) is 6.57. The smallest absolute Gasteiger partial charge is 0.333 e. The fourth-order valence-electron chi connectivity index (χ4n) is 2.45. The van der Waals surface area contributed by atoms with Gasteiger partial charge in [-0.2, -0.15) is 5.10 Å². The zero-order valence-electron chi connectivity index (χ0n) is 14.2.